The summed E-state index contributed by atoms with van der Waals surface area (Å²) in [4.78, 5) is 0. The Bertz CT molecular complexity index is 418. The van der Waals surface area contributed by atoms with Crippen molar-refractivity contribution in [1.29, 1.82) is 0 Å². The second-order valence-corrected chi connectivity index (χ2v) is 6.64. The number of aryl methyl sites for hydroxylation is 1. The Morgan fingerprint density at radius 2 is 2.19 bits per heavy atom. The molecule has 3 atom stereocenters. The van der Waals surface area contributed by atoms with Gasteiger partial charge in [-0.1, -0.05) is 56.5 Å². The maximum absolute atomic E-state index is 6.49. The Kier molecular flexibility index (Phi) is 6.72. The highest BCUT2D eigenvalue weighted by molar-refractivity contribution is 5.24. The summed E-state index contributed by atoms with van der Waals surface area (Å²) in [6, 6.07) is 8.77. The Morgan fingerprint density at radius 1 is 1.33 bits per heavy atom. The molecule has 0 aromatic heterocycles. The van der Waals surface area contributed by atoms with E-state index in [1.165, 1.54) is 43.2 Å². The highest BCUT2D eigenvalue weighted by Gasteiger charge is 2.23. The first kappa shape index (κ1) is 16.5. The van der Waals surface area contributed by atoms with Gasteiger partial charge in [0.05, 0.1) is 12.2 Å². The van der Waals surface area contributed by atoms with E-state index in [4.69, 9.17) is 4.74 Å². The lowest BCUT2D eigenvalue weighted by Gasteiger charge is -2.31. The fourth-order valence-corrected chi connectivity index (χ4v) is 3.26. The van der Waals surface area contributed by atoms with Crippen LogP contribution in [-0.2, 0) is 4.74 Å². The molecule has 1 aliphatic rings. The van der Waals surface area contributed by atoms with Crippen LogP contribution in [-0.4, -0.2) is 19.2 Å². The monoisotopic (exact) mass is 289 g/mol. The molecule has 0 heterocycles. The molecule has 21 heavy (non-hydrogen) atoms. The summed E-state index contributed by atoms with van der Waals surface area (Å²) in [6.45, 7) is 8.70. The smallest absolute Gasteiger partial charge is 0.0953 e. The van der Waals surface area contributed by atoms with E-state index in [0.717, 1.165) is 19.0 Å². The molecule has 0 aliphatic heterocycles. The minimum atomic E-state index is 0.187. The molecule has 1 fully saturated rings. The van der Waals surface area contributed by atoms with Crippen LogP contribution < -0.4 is 5.32 Å². The van der Waals surface area contributed by atoms with Gasteiger partial charge < -0.3 is 10.1 Å². The standard InChI is InChI=1S/C19H31NO/c1-4-11-20-14-19(17-9-5-7-15(2)12-17)21-18-10-6-8-16(3)13-18/h5,7,9,12,16,18-20H,4,6,8,10-11,13-14H2,1-3H3. The first-order valence-electron chi connectivity index (χ1n) is 8.61. The van der Waals surface area contributed by atoms with Gasteiger partial charge in [-0.15, -0.1) is 0 Å². The van der Waals surface area contributed by atoms with Crippen molar-refractivity contribution < 1.29 is 4.74 Å². The summed E-state index contributed by atoms with van der Waals surface area (Å²) in [7, 11) is 0. The molecule has 1 saturated carbocycles. The molecule has 1 N–H and O–H groups in total. The van der Waals surface area contributed by atoms with Crippen molar-refractivity contribution in [1.82, 2.24) is 5.32 Å². The van der Waals surface area contributed by atoms with Gasteiger partial charge in [0.1, 0.15) is 0 Å². The van der Waals surface area contributed by atoms with Crippen LogP contribution in [0.5, 0.6) is 0 Å². The third kappa shape index (κ3) is 5.44. The molecule has 2 heteroatoms. The van der Waals surface area contributed by atoms with Crippen molar-refractivity contribution in [3.05, 3.63) is 35.4 Å². The van der Waals surface area contributed by atoms with Crippen molar-refractivity contribution in [2.45, 2.75) is 65.1 Å². The molecule has 0 saturated heterocycles. The minimum Gasteiger partial charge on any atom is -0.369 e. The lowest BCUT2D eigenvalue weighted by molar-refractivity contribution is -0.0394. The number of nitrogens with one attached hydrogen (secondary N) is 1. The lowest BCUT2D eigenvalue weighted by Crippen LogP contribution is -2.29. The van der Waals surface area contributed by atoms with Gasteiger partial charge in [0, 0.05) is 6.54 Å². The predicted octanol–water partition coefficient (Wildman–Crippen LogP) is 4.63. The second kappa shape index (κ2) is 8.55. The van der Waals surface area contributed by atoms with Crippen LogP contribution >= 0.6 is 0 Å². The summed E-state index contributed by atoms with van der Waals surface area (Å²) in [5.74, 6) is 0.811. The van der Waals surface area contributed by atoms with Gasteiger partial charge in [-0.3, -0.25) is 0 Å². The third-order valence-electron chi connectivity index (χ3n) is 4.42. The molecule has 118 valence electrons. The van der Waals surface area contributed by atoms with Gasteiger partial charge >= 0.3 is 0 Å². The van der Waals surface area contributed by atoms with Gasteiger partial charge in [0.15, 0.2) is 0 Å². The molecule has 3 unspecified atom stereocenters. The number of hydrogen-bond donors (Lipinski definition) is 1. The maximum Gasteiger partial charge on any atom is 0.0953 e. The van der Waals surface area contributed by atoms with E-state index in [1.54, 1.807) is 0 Å². The van der Waals surface area contributed by atoms with E-state index in [9.17, 15) is 0 Å². The number of benzene rings is 1. The largest absolute Gasteiger partial charge is 0.369 e. The molecule has 1 aromatic carbocycles. The van der Waals surface area contributed by atoms with Crippen LogP contribution in [0.4, 0.5) is 0 Å². The van der Waals surface area contributed by atoms with Crippen LogP contribution in [0.1, 0.15) is 63.2 Å². The molecule has 0 bridgehead atoms. The quantitative estimate of drug-likeness (QED) is 0.739. The van der Waals surface area contributed by atoms with E-state index in [2.05, 4.69) is 50.4 Å². The zero-order chi connectivity index (χ0) is 15.1. The zero-order valence-electron chi connectivity index (χ0n) is 13.9. The Morgan fingerprint density at radius 3 is 2.90 bits per heavy atom. The van der Waals surface area contributed by atoms with Crippen LogP contribution in [0.25, 0.3) is 0 Å². The Labute approximate surface area is 130 Å². The van der Waals surface area contributed by atoms with Gasteiger partial charge in [0.2, 0.25) is 0 Å². The fourth-order valence-electron chi connectivity index (χ4n) is 3.26. The zero-order valence-corrected chi connectivity index (χ0v) is 13.9. The van der Waals surface area contributed by atoms with E-state index in [0.29, 0.717) is 6.10 Å². The average Bonchev–Trinajstić information content (AvgIpc) is 2.46. The van der Waals surface area contributed by atoms with Gasteiger partial charge in [-0.25, -0.2) is 0 Å². The summed E-state index contributed by atoms with van der Waals surface area (Å²) < 4.78 is 6.49. The van der Waals surface area contributed by atoms with Gasteiger partial charge in [0.25, 0.3) is 0 Å². The van der Waals surface area contributed by atoms with Crippen molar-refractivity contribution in [2.24, 2.45) is 5.92 Å². The summed E-state index contributed by atoms with van der Waals surface area (Å²) in [5.41, 5.74) is 2.63. The number of ether oxygens (including phenoxy) is 1. The normalized spacial score (nSPS) is 24.0. The molecule has 0 amide bonds. The van der Waals surface area contributed by atoms with Crippen LogP contribution in [0.15, 0.2) is 24.3 Å². The molecular formula is C19H31NO. The second-order valence-electron chi connectivity index (χ2n) is 6.64. The molecular weight excluding hydrogens is 258 g/mol. The summed E-state index contributed by atoms with van der Waals surface area (Å²) in [6.07, 6.45) is 6.91. The van der Waals surface area contributed by atoms with Crippen LogP contribution in [0, 0.1) is 12.8 Å². The van der Waals surface area contributed by atoms with E-state index in [-0.39, 0.29) is 6.10 Å². The maximum atomic E-state index is 6.49. The summed E-state index contributed by atoms with van der Waals surface area (Å²) in [5, 5.41) is 3.53. The third-order valence-corrected chi connectivity index (χ3v) is 4.42. The molecule has 2 nitrogen and oxygen atoms in total. The Hall–Kier alpha value is -0.860. The SMILES string of the molecule is CCCNCC(OC1CCCC(C)C1)c1cccc(C)c1. The van der Waals surface area contributed by atoms with Crippen molar-refractivity contribution in [3.63, 3.8) is 0 Å². The molecule has 0 radical (unpaired) electrons. The Balaban J connectivity index is 2.00. The molecule has 1 aromatic rings. The highest BCUT2D eigenvalue weighted by Crippen LogP contribution is 2.30. The number of hydrogen-bond acceptors (Lipinski definition) is 2. The lowest BCUT2D eigenvalue weighted by atomic mass is 9.88. The fraction of sp³-hybridized carbons (Fsp3) is 0.684. The van der Waals surface area contributed by atoms with Crippen LogP contribution in [0.2, 0.25) is 0 Å². The van der Waals surface area contributed by atoms with Crippen molar-refractivity contribution >= 4 is 0 Å². The van der Waals surface area contributed by atoms with Gasteiger partial charge in [-0.05, 0) is 44.2 Å². The van der Waals surface area contributed by atoms with E-state index >= 15 is 0 Å². The topological polar surface area (TPSA) is 21.3 Å². The molecule has 0 spiro atoms. The molecule has 1 aliphatic carbocycles. The van der Waals surface area contributed by atoms with E-state index < -0.39 is 0 Å². The summed E-state index contributed by atoms with van der Waals surface area (Å²) >= 11 is 0. The highest BCUT2D eigenvalue weighted by atomic mass is 16.5. The van der Waals surface area contributed by atoms with Crippen molar-refractivity contribution in [3.8, 4) is 0 Å². The predicted molar refractivity (Wildman–Crippen MR) is 89.6 cm³/mol. The van der Waals surface area contributed by atoms with Crippen LogP contribution in [0.3, 0.4) is 0 Å². The average molecular weight is 289 g/mol. The number of rotatable bonds is 7. The van der Waals surface area contributed by atoms with Gasteiger partial charge in [-0.2, -0.15) is 0 Å². The van der Waals surface area contributed by atoms with Crippen molar-refractivity contribution in [2.75, 3.05) is 13.1 Å². The first-order valence-corrected chi connectivity index (χ1v) is 8.61. The van der Waals surface area contributed by atoms with E-state index in [1.807, 2.05) is 0 Å². The molecule has 2 rings (SSSR count). The minimum absolute atomic E-state index is 0.187. The first-order chi connectivity index (χ1) is 10.2.